The first-order valence-electron chi connectivity index (χ1n) is 6.61. The lowest BCUT2D eigenvalue weighted by Gasteiger charge is -2.05. The number of benzene rings is 2. The number of nitrogens with one attached hydrogen (secondary N) is 1. The van der Waals surface area contributed by atoms with Crippen LogP contribution in [0.4, 0.5) is 5.69 Å². The highest BCUT2D eigenvalue weighted by molar-refractivity contribution is 6.43. The number of ether oxygens (including phenoxy) is 1. The van der Waals surface area contributed by atoms with Gasteiger partial charge in [-0.05, 0) is 12.1 Å². The molecule has 0 radical (unpaired) electrons. The molecule has 7 nitrogen and oxygen atoms in total. The van der Waals surface area contributed by atoms with Gasteiger partial charge in [0, 0.05) is 11.6 Å². The molecular formula is C15H11Cl2N3O4. The normalized spacial score (nSPS) is 10.6. The lowest BCUT2D eigenvalue weighted by molar-refractivity contribution is -0.385. The topological polar surface area (TPSA) is 93.8 Å². The Labute approximate surface area is 147 Å². The minimum Gasteiger partial charge on any atom is -0.477 e. The molecule has 0 fully saturated rings. The number of amides is 1. The summed E-state index contributed by atoms with van der Waals surface area (Å²) in [5, 5.41) is 15.2. The predicted octanol–water partition coefficient (Wildman–Crippen LogP) is 3.43. The fourth-order valence-corrected chi connectivity index (χ4v) is 2.06. The maximum absolute atomic E-state index is 11.7. The van der Waals surface area contributed by atoms with E-state index in [2.05, 4.69) is 10.5 Å². The van der Waals surface area contributed by atoms with Gasteiger partial charge >= 0.3 is 5.69 Å². The van der Waals surface area contributed by atoms with Crippen molar-refractivity contribution in [2.45, 2.75) is 0 Å². The van der Waals surface area contributed by atoms with Gasteiger partial charge in [-0.15, -0.1) is 0 Å². The third-order valence-electron chi connectivity index (χ3n) is 2.80. The Morgan fingerprint density at radius 1 is 1.25 bits per heavy atom. The second kappa shape index (κ2) is 8.28. The third kappa shape index (κ3) is 4.68. The summed E-state index contributed by atoms with van der Waals surface area (Å²) in [5.41, 5.74) is 2.54. The first kappa shape index (κ1) is 17.7. The van der Waals surface area contributed by atoms with Crippen molar-refractivity contribution >= 4 is 41.0 Å². The van der Waals surface area contributed by atoms with Gasteiger partial charge in [0.15, 0.2) is 12.4 Å². The van der Waals surface area contributed by atoms with E-state index in [1.54, 1.807) is 24.3 Å². The summed E-state index contributed by atoms with van der Waals surface area (Å²) < 4.78 is 5.13. The monoisotopic (exact) mass is 367 g/mol. The largest absolute Gasteiger partial charge is 0.477 e. The molecule has 124 valence electrons. The van der Waals surface area contributed by atoms with E-state index in [1.165, 1.54) is 24.4 Å². The Balaban J connectivity index is 1.91. The summed E-state index contributed by atoms with van der Waals surface area (Å²) in [4.78, 5) is 21.9. The van der Waals surface area contributed by atoms with Gasteiger partial charge in [-0.1, -0.05) is 47.5 Å². The Morgan fingerprint density at radius 3 is 2.75 bits per heavy atom. The highest BCUT2D eigenvalue weighted by atomic mass is 35.5. The van der Waals surface area contributed by atoms with Gasteiger partial charge < -0.3 is 4.74 Å². The maximum Gasteiger partial charge on any atom is 0.310 e. The number of nitro groups is 1. The van der Waals surface area contributed by atoms with Crippen LogP contribution in [-0.2, 0) is 4.79 Å². The molecule has 2 rings (SSSR count). The number of nitro benzene ring substituents is 1. The van der Waals surface area contributed by atoms with Crippen LogP contribution in [0.15, 0.2) is 47.6 Å². The average Bonchev–Trinajstić information content (AvgIpc) is 2.57. The number of para-hydroxylation sites is 2. The van der Waals surface area contributed by atoms with E-state index >= 15 is 0 Å². The number of rotatable bonds is 6. The van der Waals surface area contributed by atoms with Crippen LogP contribution in [0.5, 0.6) is 5.75 Å². The molecular weight excluding hydrogens is 357 g/mol. The van der Waals surface area contributed by atoms with Crippen LogP contribution in [0, 0.1) is 10.1 Å². The van der Waals surface area contributed by atoms with Gasteiger partial charge in [0.2, 0.25) is 0 Å². The van der Waals surface area contributed by atoms with E-state index in [4.69, 9.17) is 27.9 Å². The van der Waals surface area contributed by atoms with Gasteiger partial charge in [0.05, 0.1) is 21.2 Å². The van der Waals surface area contributed by atoms with Crippen molar-refractivity contribution in [2.75, 3.05) is 6.61 Å². The summed E-state index contributed by atoms with van der Waals surface area (Å²) >= 11 is 11.8. The summed E-state index contributed by atoms with van der Waals surface area (Å²) in [6, 6.07) is 10.7. The van der Waals surface area contributed by atoms with Crippen LogP contribution < -0.4 is 10.2 Å². The second-order valence-electron chi connectivity index (χ2n) is 4.45. The fourth-order valence-electron chi connectivity index (χ4n) is 1.70. The van der Waals surface area contributed by atoms with Crippen LogP contribution in [-0.4, -0.2) is 23.7 Å². The number of halogens is 2. The fraction of sp³-hybridized carbons (Fsp3) is 0.0667. The van der Waals surface area contributed by atoms with E-state index in [9.17, 15) is 14.9 Å². The zero-order valence-electron chi connectivity index (χ0n) is 12.1. The van der Waals surface area contributed by atoms with E-state index in [0.717, 1.165) is 0 Å². The molecule has 1 N–H and O–H groups in total. The van der Waals surface area contributed by atoms with Crippen LogP contribution in [0.1, 0.15) is 5.56 Å². The quantitative estimate of drug-likeness (QED) is 0.480. The van der Waals surface area contributed by atoms with Crippen LogP contribution in [0.25, 0.3) is 0 Å². The highest BCUT2D eigenvalue weighted by Crippen LogP contribution is 2.25. The molecule has 2 aromatic carbocycles. The lowest BCUT2D eigenvalue weighted by atomic mass is 10.2. The van der Waals surface area contributed by atoms with Gasteiger partial charge in [0.1, 0.15) is 0 Å². The number of hydrogen-bond donors (Lipinski definition) is 1. The predicted molar refractivity (Wildman–Crippen MR) is 90.8 cm³/mol. The zero-order valence-corrected chi connectivity index (χ0v) is 13.6. The molecule has 0 saturated carbocycles. The first-order valence-corrected chi connectivity index (χ1v) is 7.36. The Morgan fingerprint density at radius 2 is 2.00 bits per heavy atom. The lowest BCUT2D eigenvalue weighted by Crippen LogP contribution is -2.24. The molecule has 0 aromatic heterocycles. The smallest absolute Gasteiger partial charge is 0.310 e. The summed E-state index contributed by atoms with van der Waals surface area (Å²) in [6.45, 7) is -0.425. The molecule has 0 spiro atoms. The number of nitrogens with zero attached hydrogens (tertiary/aromatic N) is 2. The molecule has 0 aliphatic carbocycles. The molecule has 9 heteroatoms. The van der Waals surface area contributed by atoms with Crippen molar-refractivity contribution in [3.05, 3.63) is 68.2 Å². The van der Waals surface area contributed by atoms with Crippen LogP contribution >= 0.6 is 23.2 Å². The number of hydrogen-bond acceptors (Lipinski definition) is 5. The molecule has 0 aliphatic rings. The van der Waals surface area contributed by atoms with E-state index < -0.39 is 17.4 Å². The molecule has 0 saturated heterocycles. The molecule has 24 heavy (non-hydrogen) atoms. The number of carbonyl (C=O) groups is 1. The van der Waals surface area contributed by atoms with Crippen molar-refractivity contribution in [1.29, 1.82) is 0 Å². The molecule has 1 amide bonds. The number of carbonyl (C=O) groups excluding carboxylic acids is 1. The molecule has 2 aromatic rings. The van der Waals surface area contributed by atoms with Crippen molar-refractivity contribution in [2.24, 2.45) is 5.10 Å². The molecule has 0 heterocycles. The summed E-state index contributed by atoms with van der Waals surface area (Å²) in [5.74, 6) is -0.581. The summed E-state index contributed by atoms with van der Waals surface area (Å²) in [7, 11) is 0. The molecule has 0 bridgehead atoms. The van der Waals surface area contributed by atoms with Gasteiger partial charge in [-0.2, -0.15) is 5.10 Å². The van der Waals surface area contributed by atoms with Gasteiger partial charge in [-0.3, -0.25) is 14.9 Å². The van der Waals surface area contributed by atoms with Gasteiger partial charge in [0.25, 0.3) is 5.91 Å². The van der Waals surface area contributed by atoms with Crippen molar-refractivity contribution < 1.29 is 14.5 Å². The van der Waals surface area contributed by atoms with Crippen molar-refractivity contribution in [1.82, 2.24) is 5.43 Å². The minimum absolute atomic E-state index is 0.000449. The Hall–Kier alpha value is -2.64. The first-order chi connectivity index (χ1) is 11.5. The summed E-state index contributed by atoms with van der Waals surface area (Å²) in [6.07, 6.45) is 1.33. The van der Waals surface area contributed by atoms with E-state index in [0.29, 0.717) is 15.6 Å². The van der Waals surface area contributed by atoms with Crippen LogP contribution in [0.2, 0.25) is 10.0 Å². The maximum atomic E-state index is 11.7. The highest BCUT2D eigenvalue weighted by Gasteiger charge is 2.14. The van der Waals surface area contributed by atoms with Gasteiger partial charge in [-0.25, -0.2) is 5.43 Å². The van der Waals surface area contributed by atoms with Crippen LogP contribution in [0.3, 0.4) is 0 Å². The SMILES string of the molecule is O=C(COc1ccccc1[N+](=O)[O-])NN=Cc1cccc(Cl)c1Cl. The molecule has 0 atom stereocenters. The van der Waals surface area contributed by atoms with Crippen molar-refractivity contribution in [3.63, 3.8) is 0 Å². The van der Waals surface area contributed by atoms with Crippen molar-refractivity contribution in [3.8, 4) is 5.75 Å². The average molecular weight is 368 g/mol. The minimum atomic E-state index is -0.591. The van der Waals surface area contributed by atoms with E-state index in [1.807, 2.05) is 0 Å². The number of hydrazone groups is 1. The third-order valence-corrected chi connectivity index (χ3v) is 3.63. The Kier molecular flexibility index (Phi) is 6.11. The zero-order chi connectivity index (χ0) is 17.5. The van der Waals surface area contributed by atoms with E-state index in [-0.39, 0.29) is 11.4 Å². The Bertz CT molecular complexity index is 796. The molecule has 0 unspecified atom stereocenters. The second-order valence-corrected chi connectivity index (χ2v) is 5.23. The molecule has 0 aliphatic heterocycles. The standard InChI is InChI=1S/C15H11Cl2N3O4/c16-11-5-3-4-10(15(11)17)8-18-19-14(21)9-24-13-7-2-1-6-12(13)20(22)23/h1-8H,9H2,(H,19,21).